The van der Waals surface area contributed by atoms with Gasteiger partial charge in [0.05, 0.1) is 17.8 Å². The molecule has 1 atom stereocenters. The van der Waals surface area contributed by atoms with Gasteiger partial charge in [-0.15, -0.1) is 16.4 Å². The van der Waals surface area contributed by atoms with Crippen molar-refractivity contribution in [3.63, 3.8) is 0 Å². The van der Waals surface area contributed by atoms with Crippen LogP contribution in [0.3, 0.4) is 0 Å². The van der Waals surface area contributed by atoms with Gasteiger partial charge in [-0.1, -0.05) is 5.21 Å². The number of ether oxygens (including phenoxy) is 1. The van der Waals surface area contributed by atoms with Crippen LogP contribution in [0.25, 0.3) is 0 Å². The fraction of sp³-hybridized carbons (Fsp3) is 0.533. The molecule has 0 aliphatic carbocycles. The monoisotopic (exact) mass is 321 g/mol. The Labute approximate surface area is 132 Å². The van der Waals surface area contributed by atoms with Gasteiger partial charge in [-0.05, 0) is 38.8 Å². The molecule has 2 aromatic heterocycles. The molecular weight excluding hydrogens is 302 g/mol. The van der Waals surface area contributed by atoms with Crippen molar-refractivity contribution in [2.24, 2.45) is 0 Å². The Morgan fingerprint density at radius 1 is 1.55 bits per heavy atom. The number of carboxylic acids is 1. The van der Waals surface area contributed by atoms with Gasteiger partial charge in [0.25, 0.3) is 0 Å². The van der Waals surface area contributed by atoms with Crippen LogP contribution < -0.4 is 0 Å². The van der Waals surface area contributed by atoms with Gasteiger partial charge in [0.15, 0.2) is 0 Å². The highest BCUT2D eigenvalue weighted by Gasteiger charge is 2.31. The van der Waals surface area contributed by atoms with Crippen molar-refractivity contribution in [2.75, 3.05) is 6.61 Å². The van der Waals surface area contributed by atoms with E-state index in [0.29, 0.717) is 17.3 Å². The first kappa shape index (κ1) is 15.2. The molecule has 0 spiro atoms. The summed E-state index contributed by atoms with van der Waals surface area (Å²) in [6.45, 7) is 5.50. The van der Waals surface area contributed by atoms with E-state index in [-0.39, 0.29) is 5.60 Å². The van der Waals surface area contributed by atoms with Gasteiger partial charge in [0.2, 0.25) is 0 Å². The smallest absolute Gasteiger partial charge is 0.345 e. The van der Waals surface area contributed by atoms with E-state index in [0.717, 1.165) is 30.0 Å². The minimum absolute atomic E-state index is 0.114. The molecule has 1 saturated heterocycles. The third-order valence-electron chi connectivity index (χ3n) is 3.86. The molecule has 118 valence electrons. The number of thiophene rings is 1. The molecule has 3 rings (SSSR count). The molecule has 22 heavy (non-hydrogen) atoms. The molecule has 0 aromatic carbocycles. The highest BCUT2D eigenvalue weighted by atomic mass is 32.1. The lowest BCUT2D eigenvalue weighted by atomic mass is 9.86. The van der Waals surface area contributed by atoms with Crippen LogP contribution >= 0.6 is 11.3 Å². The maximum absolute atomic E-state index is 10.9. The molecule has 1 aliphatic rings. The topological polar surface area (TPSA) is 77.2 Å². The first-order valence-electron chi connectivity index (χ1n) is 7.29. The van der Waals surface area contributed by atoms with Crippen LogP contribution in [0.5, 0.6) is 0 Å². The standard InChI is InChI=1S/C15H19N3O3S/c1-15(2)7-10(5-6-21-15)12-9-18(17-16-12)8-11-3-4-13(22-11)14(19)20/h3-4,9-10H,5-8H2,1-2H3,(H,19,20)/t10-/m0/s1. The lowest BCUT2D eigenvalue weighted by molar-refractivity contribution is -0.0598. The van der Waals surface area contributed by atoms with Crippen molar-refractivity contribution < 1.29 is 14.6 Å². The van der Waals surface area contributed by atoms with Crippen molar-refractivity contribution >= 4 is 17.3 Å². The summed E-state index contributed by atoms with van der Waals surface area (Å²) in [6, 6.07) is 3.45. The van der Waals surface area contributed by atoms with Crippen molar-refractivity contribution in [2.45, 2.75) is 44.8 Å². The number of hydrogen-bond donors (Lipinski definition) is 1. The first-order chi connectivity index (χ1) is 10.4. The number of aromatic carboxylic acids is 1. The molecular formula is C15H19N3O3S. The lowest BCUT2D eigenvalue weighted by Gasteiger charge is -2.34. The molecule has 3 heterocycles. The maximum atomic E-state index is 10.9. The molecule has 0 saturated carbocycles. The highest BCUT2D eigenvalue weighted by molar-refractivity contribution is 7.13. The second kappa shape index (κ2) is 5.81. The van der Waals surface area contributed by atoms with Crippen molar-refractivity contribution in [1.29, 1.82) is 0 Å². The first-order valence-corrected chi connectivity index (χ1v) is 8.10. The second-order valence-corrected chi connectivity index (χ2v) is 7.38. The quantitative estimate of drug-likeness (QED) is 0.937. The summed E-state index contributed by atoms with van der Waals surface area (Å²) < 4.78 is 7.51. The van der Waals surface area contributed by atoms with E-state index in [1.54, 1.807) is 10.7 Å². The molecule has 0 radical (unpaired) electrons. The Balaban J connectivity index is 1.69. The van der Waals surface area contributed by atoms with E-state index in [2.05, 4.69) is 24.2 Å². The van der Waals surface area contributed by atoms with Crippen LogP contribution in [0.4, 0.5) is 0 Å². The molecule has 7 heteroatoms. The Hall–Kier alpha value is -1.73. The number of rotatable bonds is 4. The normalized spacial score (nSPS) is 20.9. The predicted molar refractivity (Wildman–Crippen MR) is 82.4 cm³/mol. The highest BCUT2D eigenvalue weighted by Crippen LogP contribution is 2.34. The Kier molecular flexibility index (Phi) is 4.01. The fourth-order valence-corrected chi connectivity index (χ4v) is 3.64. The minimum Gasteiger partial charge on any atom is -0.477 e. The summed E-state index contributed by atoms with van der Waals surface area (Å²) in [6.07, 6.45) is 3.87. The summed E-state index contributed by atoms with van der Waals surface area (Å²) in [4.78, 5) is 12.2. The summed E-state index contributed by atoms with van der Waals surface area (Å²) in [5.41, 5.74) is 0.878. The summed E-state index contributed by atoms with van der Waals surface area (Å²) in [7, 11) is 0. The molecule has 0 bridgehead atoms. The van der Waals surface area contributed by atoms with Gasteiger partial charge in [0.1, 0.15) is 4.88 Å². The molecule has 1 aliphatic heterocycles. The molecule has 1 fully saturated rings. The third-order valence-corrected chi connectivity index (χ3v) is 4.92. The van der Waals surface area contributed by atoms with E-state index < -0.39 is 5.97 Å². The summed E-state index contributed by atoms with van der Waals surface area (Å²) in [5.74, 6) is -0.518. The SMILES string of the molecule is CC1(C)C[C@@H](c2cn(Cc3ccc(C(=O)O)s3)nn2)CCO1. The van der Waals surface area contributed by atoms with Crippen LogP contribution in [0, 0.1) is 0 Å². The van der Waals surface area contributed by atoms with Crippen molar-refractivity contribution in [3.8, 4) is 0 Å². The van der Waals surface area contributed by atoms with Gasteiger partial charge in [-0.25, -0.2) is 9.48 Å². The zero-order valence-electron chi connectivity index (χ0n) is 12.7. The largest absolute Gasteiger partial charge is 0.477 e. The van der Waals surface area contributed by atoms with Gasteiger partial charge in [-0.3, -0.25) is 0 Å². The van der Waals surface area contributed by atoms with E-state index in [1.165, 1.54) is 11.3 Å². The van der Waals surface area contributed by atoms with Crippen molar-refractivity contribution in [3.05, 3.63) is 33.8 Å². The van der Waals surface area contributed by atoms with Crippen LogP contribution in [-0.2, 0) is 11.3 Å². The van der Waals surface area contributed by atoms with Crippen LogP contribution in [-0.4, -0.2) is 38.3 Å². The van der Waals surface area contributed by atoms with Gasteiger partial charge in [-0.2, -0.15) is 0 Å². The number of carbonyl (C=O) groups is 1. The fourth-order valence-electron chi connectivity index (χ4n) is 2.80. The zero-order valence-corrected chi connectivity index (χ0v) is 13.5. The molecule has 6 nitrogen and oxygen atoms in total. The van der Waals surface area contributed by atoms with E-state index in [9.17, 15) is 4.79 Å². The number of carboxylic acid groups (broad SMARTS) is 1. The van der Waals surface area contributed by atoms with E-state index in [4.69, 9.17) is 9.84 Å². The number of nitrogens with zero attached hydrogens (tertiary/aromatic N) is 3. The average Bonchev–Trinajstić information content (AvgIpc) is 3.07. The van der Waals surface area contributed by atoms with Crippen LogP contribution in [0.15, 0.2) is 18.3 Å². The van der Waals surface area contributed by atoms with E-state index >= 15 is 0 Å². The second-order valence-electron chi connectivity index (χ2n) is 6.21. The average molecular weight is 321 g/mol. The zero-order chi connectivity index (χ0) is 15.7. The predicted octanol–water partition coefficient (Wildman–Crippen LogP) is 2.76. The van der Waals surface area contributed by atoms with Gasteiger partial charge < -0.3 is 9.84 Å². The van der Waals surface area contributed by atoms with Crippen LogP contribution in [0.2, 0.25) is 0 Å². The van der Waals surface area contributed by atoms with E-state index in [1.807, 2.05) is 12.3 Å². The number of aromatic nitrogens is 3. The van der Waals surface area contributed by atoms with Crippen LogP contribution in [0.1, 0.15) is 52.8 Å². The number of hydrogen-bond acceptors (Lipinski definition) is 5. The Morgan fingerprint density at radius 3 is 3.05 bits per heavy atom. The van der Waals surface area contributed by atoms with Gasteiger partial charge >= 0.3 is 5.97 Å². The third kappa shape index (κ3) is 3.36. The Morgan fingerprint density at radius 2 is 2.36 bits per heavy atom. The molecule has 0 unspecified atom stereocenters. The minimum atomic E-state index is -0.889. The molecule has 2 aromatic rings. The summed E-state index contributed by atoms with van der Waals surface area (Å²) in [5, 5.41) is 17.4. The van der Waals surface area contributed by atoms with Gasteiger partial charge in [0, 0.05) is 23.6 Å². The maximum Gasteiger partial charge on any atom is 0.345 e. The lowest BCUT2D eigenvalue weighted by Crippen LogP contribution is -2.33. The molecule has 1 N–H and O–H groups in total. The molecule has 0 amide bonds. The van der Waals surface area contributed by atoms with Crippen molar-refractivity contribution in [1.82, 2.24) is 15.0 Å². The summed E-state index contributed by atoms with van der Waals surface area (Å²) >= 11 is 1.27. The Bertz CT molecular complexity index is 677.